The number of nitrogens with one attached hydrogen (secondary N) is 1. The molecule has 1 heterocycles. The third kappa shape index (κ3) is 4.30. The normalized spacial score (nSPS) is 12.3. The summed E-state index contributed by atoms with van der Waals surface area (Å²) in [4.78, 5) is 4.18. The SMILES string of the molecule is CCCNC(Cc1cccnc1)c1cc(Br)ccc1Cl. The summed E-state index contributed by atoms with van der Waals surface area (Å²) >= 11 is 9.88. The molecule has 0 saturated heterocycles. The second-order valence-electron chi connectivity index (χ2n) is 4.74. The van der Waals surface area contributed by atoms with E-state index < -0.39 is 0 Å². The molecule has 0 amide bonds. The van der Waals surface area contributed by atoms with Crippen molar-refractivity contribution >= 4 is 27.5 Å². The highest BCUT2D eigenvalue weighted by Crippen LogP contribution is 2.28. The van der Waals surface area contributed by atoms with E-state index in [0.29, 0.717) is 0 Å². The summed E-state index contributed by atoms with van der Waals surface area (Å²) in [5.41, 5.74) is 2.33. The van der Waals surface area contributed by atoms with Gasteiger partial charge in [0.2, 0.25) is 0 Å². The van der Waals surface area contributed by atoms with Gasteiger partial charge in [-0.15, -0.1) is 0 Å². The molecule has 0 aliphatic carbocycles. The summed E-state index contributed by atoms with van der Waals surface area (Å²) in [5.74, 6) is 0. The van der Waals surface area contributed by atoms with Crippen LogP contribution in [-0.4, -0.2) is 11.5 Å². The molecule has 0 aliphatic rings. The van der Waals surface area contributed by atoms with Crippen LogP contribution in [0.5, 0.6) is 0 Å². The number of hydrogen-bond acceptors (Lipinski definition) is 2. The van der Waals surface area contributed by atoms with E-state index in [-0.39, 0.29) is 6.04 Å². The molecule has 0 bridgehead atoms. The van der Waals surface area contributed by atoms with E-state index in [1.54, 1.807) is 6.20 Å². The standard InChI is InChI=1S/C16H18BrClN2/c1-2-7-20-16(9-12-4-3-8-19-11-12)14-10-13(17)5-6-15(14)18/h3-6,8,10-11,16,20H,2,7,9H2,1H3. The molecule has 2 aromatic rings. The lowest BCUT2D eigenvalue weighted by Gasteiger charge is -2.20. The Hall–Kier alpha value is -0.900. The number of hydrogen-bond donors (Lipinski definition) is 1. The fourth-order valence-corrected chi connectivity index (χ4v) is 2.77. The number of aromatic nitrogens is 1. The molecule has 0 saturated carbocycles. The zero-order valence-electron chi connectivity index (χ0n) is 11.4. The van der Waals surface area contributed by atoms with E-state index in [4.69, 9.17) is 11.6 Å². The van der Waals surface area contributed by atoms with E-state index >= 15 is 0 Å². The molecule has 0 aliphatic heterocycles. The minimum Gasteiger partial charge on any atom is -0.310 e. The molecule has 4 heteroatoms. The number of pyridine rings is 1. The van der Waals surface area contributed by atoms with Crippen LogP contribution in [0.4, 0.5) is 0 Å². The molecule has 1 atom stereocenters. The second-order valence-corrected chi connectivity index (χ2v) is 6.06. The maximum Gasteiger partial charge on any atom is 0.0454 e. The monoisotopic (exact) mass is 352 g/mol. The van der Waals surface area contributed by atoms with Crippen LogP contribution < -0.4 is 5.32 Å². The minimum atomic E-state index is 0.198. The Morgan fingerprint density at radius 2 is 2.20 bits per heavy atom. The molecule has 0 fully saturated rings. The Labute approximate surface area is 133 Å². The fraction of sp³-hybridized carbons (Fsp3) is 0.312. The van der Waals surface area contributed by atoms with Crippen LogP contribution in [-0.2, 0) is 6.42 Å². The maximum absolute atomic E-state index is 6.36. The van der Waals surface area contributed by atoms with Gasteiger partial charge in [-0.3, -0.25) is 4.98 Å². The first-order valence-corrected chi connectivity index (χ1v) is 7.95. The molecule has 106 valence electrons. The first-order chi connectivity index (χ1) is 9.70. The van der Waals surface area contributed by atoms with Crippen molar-refractivity contribution in [2.45, 2.75) is 25.8 Å². The van der Waals surface area contributed by atoms with Crippen LogP contribution in [0.3, 0.4) is 0 Å². The highest BCUT2D eigenvalue weighted by molar-refractivity contribution is 9.10. The lowest BCUT2D eigenvalue weighted by molar-refractivity contribution is 0.528. The molecule has 0 radical (unpaired) electrons. The summed E-state index contributed by atoms with van der Waals surface area (Å²) in [7, 11) is 0. The summed E-state index contributed by atoms with van der Waals surface area (Å²) in [5, 5.41) is 4.37. The van der Waals surface area contributed by atoms with Crippen LogP contribution in [0, 0.1) is 0 Å². The van der Waals surface area contributed by atoms with Crippen LogP contribution in [0.1, 0.15) is 30.5 Å². The molecule has 1 aromatic carbocycles. The maximum atomic E-state index is 6.36. The summed E-state index contributed by atoms with van der Waals surface area (Å²) in [6.45, 7) is 3.13. The van der Waals surface area contributed by atoms with E-state index in [9.17, 15) is 0 Å². The Balaban J connectivity index is 2.24. The topological polar surface area (TPSA) is 24.9 Å². The van der Waals surface area contributed by atoms with E-state index in [1.165, 1.54) is 5.56 Å². The largest absolute Gasteiger partial charge is 0.310 e. The van der Waals surface area contributed by atoms with Crippen molar-refractivity contribution in [2.24, 2.45) is 0 Å². The highest BCUT2D eigenvalue weighted by Gasteiger charge is 2.15. The highest BCUT2D eigenvalue weighted by atomic mass is 79.9. The fourth-order valence-electron chi connectivity index (χ4n) is 2.15. The first kappa shape index (κ1) is 15.5. The quantitative estimate of drug-likeness (QED) is 0.808. The molecule has 1 N–H and O–H groups in total. The third-order valence-corrected chi connectivity index (χ3v) is 3.97. The average Bonchev–Trinajstić information content (AvgIpc) is 2.47. The van der Waals surface area contributed by atoms with Gasteiger partial charge >= 0.3 is 0 Å². The van der Waals surface area contributed by atoms with E-state index in [0.717, 1.165) is 34.4 Å². The van der Waals surface area contributed by atoms with Crippen molar-refractivity contribution < 1.29 is 0 Å². The van der Waals surface area contributed by atoms with Crippen molar-refractivity contribution in [3.8, 4) is 0 Å². The van der Waals surface area contributed by atoms with Crippen LogP contribution in [0.25, 0.3) is 0 Å². The van der Waals surface area contributed by atoms with Crippen molar-refractivity contribution in [2.75, 3.05) is 6.54 Å². The van der Waals surface area contributed by atoms with Crippen LogP contribution in [0.15, 0.2) is 47.2 Å². The molecular formula is C16H18BrClN2. The number of nitrogens with zero attached hydrogens (tertiary/aromatic N) is 1. The summed E-state index contributed by atoms with van der Waals surface area (Å²) < 4.78 is 1.05. The van der Waals surface area contributed by atoms with Gasteiger partial charge in [0, 0.05) is 27.9 Å². The zero-order chi connectivity index (χ0) is 14.4. The Morgan fingerprint density at radius 3 is 2.90 bits per heavy atom. The number of halogens is 2. The van der Waals surface area contributed by atoms with Gasteiger partial charge in [0.25, 0.3) is 0 Å². The van der Waals surface area contributed by atoms with Crippen molar-refractivity contribution in [1.82, 2.24) is 10.3 Å². The molecule has 2 nitrogen and oxygen atoms in total. The zero-order valence-corrected chi connectivity index (χ0v) is 13.8. The Morgan fingerprint density at radius 1 is 1.35 bits per heavy atom. The summed E-state index contributed by atoms with van der Waals surface area (Å²) in [6.07, 6.45) is 5.68. The lowest BCUT2D eigenvalue weighted by atomic mass is 9.99. The van der Waals surface area contributed by atoms with Gasteiger partial charge in [-0.25, -0.2) is 0 Å². The average molecular weight is 354 g/mol. The van der Waals surface area contributed by atoms with Crippen molar-refractivity contribution in [1.29, 1.82) is 0 Å². The molecule has 0 spiro atoms. The summed E-state index contributed by atoms with van der Waals surface area (Å²) in [6, 6.07) is 10.3. The molecule has 2 rings (SSSR count). The van der Waals surface area contributed by atoms with Gasteiger partial charge in [0.1, 0.15) is 0 Å². The van der Waals surface area contributed by atoms with Crippen molar-refractivity contribution in [3.05, 3.63) is 63.3 Å². The van der Waals surface area contributed by atoms with Gasteiger partial charge in [0.05, 0.1) is 0 Å². The molecule has 1 aromatic heterocycles. The predicted octanol–water partition coefficient (Wildman–Crippen LogP) is 4.78. The van der Waals surface area contributed by atoms with Crippen LogP contribution in [0.2, 0.25) is 5.02 Å². The molecule has 1 unspecified atom stereocenters. The van der Waals surface area contributed by atoms with E-state index in [2.05, 4.69) is 45.3 Å². The molecular weight excluding hydrogens is 336 g/mol. The Kier molecular flexibility index (Phi) is 6.02. The van der Waals surface area contributed by atoms with Gasteiger partial charge in [-0.1, -0.05) is 40.5 Å². The van der Waals surface area contributed by atoms with Crippen LogP contribution >= 0.6 is 27.5 Å². The number of rotatable bonds is 6. The first-order valence-electron chi connectivity index (χ1n) is 6.78. The Bertz CT molecular complexity index is 545. The van der Waals surface area contributed by atoms with E-state index in [1.807, 2.05) is 24.4 Å². The van der Waals surface area contributed by atoms with Gasteiger partial charge < -0.3 is 5.32 Å². The molecule has 20 heavy (non-hydrogen) atoms. The smallest absolute Gasteiger partial charge is 0.0454 e. The van der Waals surface area contributed by atoms with Gasteiger partial charge in [-0.2, -0.15) is 0 Å². The lowest BCUT2D eigenvalue weighted by Crippen LogP contribution is -2.24. The predicted molar refractivity (Wildman–Crippen MR) is 88.1 cm³/mol. The number of benzene rings is 1. The minimum absolute atomic E-state index is 0.198. The van der Waals surface area contributed by atoms with Gasteiger partial charge in [-0.05, 0) is 54.8 Å². The second kappa shape index (κ2) is 7.77. The van der Waals surface area contributed by atoms with Crippen molar-refractivity contribution in [3.63, 3.8) is 0 Å². The third-order valence-electron chi connectivity index (χ3n) is 3.14. The van der Waals surface area contributed by atoms with Gasteiger partial charge in [0.15, 0.2) is 0 Å².